The first-order valence-electron chi connectivity index (χ1n) is 8.79. The SMILES string of the molecule is Cc1ccc(S)c(N2CCN(Cc3nc4ccccc4n3C)CC2)c1. The van der Waals surface area contributed by atoms with Crippen LogP contribution in [0.5, 0.6) is 0 Å². The highest BCUT2D eigenvalue weighted by atomic mass is 32.1. The molecular formula is C20H24N4S. The molecule has 0 spiro atoms. The predicted octanol–water partition coefficient (Wildman–Crippen LogP) is 3.49. The van der Waals surface area contributed by atoms with Crippen LogP contribution in [0.4, 0.5) is 5.69 Å². The van der Waals surface area contributed by atoms with Gasteiger partial charge in [0.25, 0.3) is 0 Å². The fourth-order valence-corrected chi connectivity index (χ4v) is 3.85. The predicted molar refractivity (Wildman–Crippen MR) is 107 cm³/mol. The molecule has 0 aliphatic carbocycles. The van der Waals surface area contributed by atoms with Gasteiger partial charge in [-0.3, -0.25) is 4.90 Å². The van der Waals surface area contributed by atoms with Crippen LogP contribution in [-0.2, 0) is 13.6 Å². The highest BCUT2D eigenvalue weighted by Crippen LogP contribution is 2.26. The highest BCUT2D eigenvalue weighted by Gasteiger charge is 2.20. The van der Waals surface area contributed by atoms with Gasteiger partial charge in [-0.2, -0.15) is 0 Å². The van der Waals surface area contributed by atoms with Gasteiger partial charge < -0.3 is 9.47 Å². The third-order valence-corrected chi connectivity index (χ3v) is 5.47. The Morgan fingerprint density at radius 1 is 1.04 bits per heavy atom. The molecule has 0 unspecified atom stereocenters. The van der Waals surface area contributed by atoms with Crippen molar-refractivity contribution in [1.29, 1.82) is 0 Å². The molecule has 2 aromatic carbocycles. The summed E-state index contributed by atoms with van der Waals surface area (Å²) in [6.07, 6.45) is 0. The molecule has 4 nitrogen and oxygen atoms in total. The molecule has 1 aromatic heterocycles. The number of hydrogen-bond donors (Lipinski definition) is 1. The van der Waals surface area contributed by atoms with Crippen molar-refractivity contribution >= 4 is 29.3 Å². The van der Waals surface area contributed by atoms with Crippen LogP contribution in [0.3, 0.4) is 0 Å². The Balaban J connectivity index is 1.45. The first kappa shape index (κ1) is 16.5. The zero-order valence-corrected chi connectivity index (χ0v) is 15.7. The third kappa shape index (κ3) is 3.26. The van der Waals surface area contributed by atoms with E-state index in [1.54, 1.807) is 0 Å². The molecule has 3 aromatic rings. The molecule has 1 fully saturated rings. The van der Waals surface area contributed by atoms with Gasteiger partial charge in [-0.15, -0.1) is 12.6 Å². The molecule has 0 N–H and O–H groups in total. The topological polar surface area (TPSA) is 24.3 Å². The lowest BCUT2D eigenvalue weighted by Gasteiger charge is -2.36. The van der Waals surface area contributed by atoms with Gasteiger partial charge in [0.15, 0.2) is 0 Å². The van der Waals surface area contributed by atoms with E-state index < -0.39 is 0 Å². The highest BCUT2D eigenvalue weighted by molar-refractivity contribution is 7.80. The minimum absolute atomic E-state index is 0.903. The molecule has 0 radical (unpaired) electrons. The summed E-state index contributed by atoms with van der Waals surface area (Å²) in [5, 5.41) is 0. The molecule has 0 atom stereocenters. The maximum atomic E-state index is 4.80. The van der Waals surface area contributed by atoms with Crippen LogP contribution in [0, 0.1) is 6.92 Å². The molecule has 25 heavy (non-hydrogen) atoms. The van der Waals surface area contributed by atoms with Crippen molar-refractivity contribution in [3.63, 3.8) is 0 Å². The minimum atomic E-state index is 0.903. The second-order valence-electron chi connectivity index (χ2n) is 6.83. The summed E-state index contributed by atoms with van der Waals surface area (Å²) in [6, 6.07) is 14.8. The molecule has 130 valence electrons. The van der Waals surface area contributed by atoms with Crippen molar-refractivity contribution in [2.45, 2.75) is 18.4 Å². The number of benzene rings is 2. The van der Waals surface area contributed by atoms with Gasteiger partial charge in [0.1, 0.15) is 5.82 Å². The zero-order chi connectivity index (χ0) is 17.4. The minimum Gasteiger partial charge on any atom is -0.368 e. The Bertz CT molecular complexity index is 894. The molecule has 0 saturated carbocycles. The quantitative estimate of drug-likeness (QED) is 0.730. The Kier molecular flexibility index (Phi) is 4.44. The number of anilines is 1. The fourth-order valence-electron chi connectivity index (χ4n) is 3.57. The van der Waals surface area contributed by atoms with Gasteiger partial charge in [-0.25, -0.2) is 4.98 Å². The number of thiol groups is 1. The summed E-state index contributed by atoms with van der Waals surface area (Å²) in [6.45, 7) is 7.19. The standard InChI is InChI=1S/C20H24N4S/c1-15-7-8-19(25)18(13-15)24-11-9-23(10-12-24)14-20-21-16-5-3-4-6-17(16)22(20)2/h3-8,13,25H,9-12,14H2,1-2H3. The summed E-state index contributed by atoms with van der Waals surface area (Å²) in [7, 11) is 2.11. The van der Waals surface area contributed by atoms with E-state index in [1.807, 2.05) is 0 Å². The number of aromatic nitrogens is 2. The zero-order valence-electron chi connectivity index (χ0n) is 14.8. The van der Waals surface area contributed by atoms with Crippen LogP contribution in [-0.4, -0.2) is 40.6 Å². The number of imidazole rings is 1. The summed E-state index contributed by atoms with van der Waals surface area (Å²) in [5.74, 6) is 1.14. The molecule has 4 rings (SSSR count). The fraction of sp³-hybridized carbons (Fsp3) is 0.350. The van der Waals surface area contributed by atoms with Gasteiger partial charge in [0.05, 0.1) is 23.3 Å². The van der Waals surface area contributed by atoms with Crippen LogP contribution < -0.4 is 4.90 Å². The molecule has 1 saturated heterocycles. The van der Waals surface area contributed by atoms with E-state index in [4.69, 9.17) is 4.98 Å². The van der Waals surface area contributed by atoms with Crippen molar-refractivity contribution in [2.75, 3.05) is 31.1 Å². The molecule has 0 bridgehead atoms. The molecule has 1 aliphatic rings. The van der Waals surface area contributed by atoms with E-state index >= 15 is 0 Å². The monoisotopic (exact) mass is 352 g/mol. The molecular weight excluding hydrogens is 328 g/mol. The second-order valence-corrected chi connectivity index (χ2v) is 7.31. The van der Waals surface area contributed by atoms with E-state index in [9.17, 15) is 0 Å². The Labute approximate surface area is 154 Å². The Hall–Kier alpha value is -1.98. The van der Waals surface area contributed by atoms with Gasteiger partial charge in [0.2, 0.25) is 0 Å². The summed E-state index contributed by atoms with van der Waals surface area (Å²) in [4.78, 5) is 10.8. The van der Waals surface area contributed by atoms with Crippen LogP contribution in [0.1, 0.15) is 11.4 Å². The lowest BCUT2D eigenvalue weighted by Crippen LogP contribution is -2.46. The number of para-hydroxylation sites is 2. The number of rotatable bonds is 3. The molecule has 0 amide bonds. The van der Waals surface area contributed by atoms with Crippen LogP contribution >= 0.6 is 12.6 Å². The van der Waals surface area contributed by atoms with E-state index in [0.717, 1.165) is 49.0 Å². The van der Waals surface area contributed by atoms with Gasteiger partial charge >= 0.3 is 0 Å². The molecule has 5 heteroatoms. The summed E-state index contributed by atoms with van der Waals surface area (Å²) < 4.78 is 2.22. The van der Waals surface area contributed by atoms with Crippen molar-refractivity contribution in [1.82, 2.24) is 14.5 Å². The average Bonchev–Trinajstić information content (AvgIpc) is 2.94. The van der Waals surface area contributed by atoms with E-state index in [-0.39, 0.29) is 0 Å². The van der Waals surface area contributed by atoms with Gasteiger partial charge in [0, 0.05) is 38.1 Å². The van der Waals surface area contributed by atoms with Gasteiger partial charge in [-0.1, -0.05) is 18.2 Å². The van der Waals surface area contributed by atoms with Crippen LogP contribution in [0.2, 0.25) is 0 Å². The van der Waals surface area contributed by atoms with E-state index in [1.165, 1.54) is 16.8 Å². The van der Waals surface area contributed by atoms with Crippen LogP contribution in [0.25, 0.3) is 11.0 Å². The van der Waals surface area contributed by atoms with Crippen molar-refractivity contribution in [2.24, 2.45) is 7.05 Å². The van der Waals surface area contributed by atoms with E-state index in [2.05, 4.69) is 83.4 Å². The van der Waals surface area contributed by atoms with Crippen molar-refractivity contribution in [3.8, 4) is 0 Å². The number of piperazine rings is 1. The molecule has 2 heterocycles. The number of nitrogens with zero attached hydrogens (tertiary/aromatic N) is 4. The first-order chi connectivity index (χ1) is 12.1. The lowest BCUT2D eigenvalue weighted by molar-refractivity contribution is 0.242. The van der Waals surface area contributed by atoms with Crippen molar-refractivity contribution < 1.29 is 0 Å². The lowest BCUT2D eigenvalue weighted by atomic mass is 10.2. The summed E-state index contributed by atoms with van der Waals surface area (Å²) >= 11 is 4.63. The smallest absolute Gasteiger partial charge is 0.123 e. The van der Waals surface area contributed by atoms with Crippen LogP contribution in [0.15, 0.2) is 47.4 Å². The number of aryl methyl sites for hydroxylation is 2. The van der Waals surface area contributed by atoms with Gasteiger partial charge in [-0.05, 0) is 36.8 Å². The van der Waals surface area contributed by atoms with Crippen molar-refractivity contribution in [3.05, 3.63) is 53.9 Å². The third-order valence-electron chi connectivity index (χ3n) is 5.09. The summed E-state index contributed by atoms with van der Waals surface area (Å²) in [5.41, 5.74) is 4.83. The Morgan fingerprint density at radius 2 is 1.80 bits per heavy atom. The average molecular weight is 353 g/mol. The number of hydrogen-bond acceptors (Lipinski definition) is 4. The first-order valence-corrected chi connectivity index (χ1v) is 9.24. The maximum Gasteiger partial charge on any atom is 0.123 e. The molecule has 1 aliphatic heterocycles. The number of fused-ring (bicyclic) bond motifs is 1. The van der Waals surface area contributed by atoms with E-state index in [0.29, 0.717) is 0 Å². The Morgan fingerprint density at radius 3 is 2.56 bits per heavy atom. The maximum absolute atomic E-state index is 4.80. The largest absolute Gasteiger partial charge is 0.368 e. The normalized spacial score (nSPS) is 15.9. The second kappa shape index (κ2) is 6.73.